The van der Waals surface area contributed by atoms with E-state index in [1.165, 1.54) is 50.5 Å². The molecule has 6 aromatic carbocycles. The number of fused-ring (bicyclic) bond motifs is 2. The second-order valence-electron chi connectivity index (χ2n) is 24.5. The summed E-state index contributed by atoms with van der Waals surface area (Å²) >= 11 is 0. The highest BCUT2D eigenvalue weighted by Crippen LogP contribution is 2.46. The van der Waals surface area contributed by atoms with Crippen LogP contribution in [0, 0.1) is 29.4 Å². The maximum atomic E-state index is 15.1. The van der Waals surface area contributed by atoms with Crippen molar-refractivity contribution in [1.29, 1.82) is 0 Å². The summed E-state index contributed by atoms with van der Waals surface area (Å²) in [6, 6.07) is 28.9. The molecule has 6 atom stereocenters. The number of carboxylic acid groups (broad SMARTS) is 2. The van der Waals surface area contributed by atoms with E-state index >= 15 is 4.79 Å². The summed E-state index contributed by atoms with van der Waals surface area (Å²) in [6.45, 7) is 14.1. The maximum absolute atomic E-state index is 15.1. The fourth-order valence-electron chi connectivity index (χ4n) is 13.7. The van der Waals surface area contributed by atoms with E-state index in [4.69, 9.17) is 8.83 Å². The quantitative estimate of drug-likeness (QED) is 0.0298. The molecule has 0 radical (unpaired) electrons. The van der Waals surface area contributed by atoms with Gasteiger partial charge in [0, 0.05) is 126 Å². The summed E-state index contributed by atoms with van der Waals surface area (Å²) < 4.78 is 41.5. The summed E-state index contributed by atoms with van der Waals surface area (Å²) in [5.74, 6) is -7.15. The lowest BCUT2D eigenvalue weighted by Gasteiger charge is -2.25. The summed E-state index contributed by atoms with van der Waals surface area (Å²) in [7, 11) is 3.01. The number of carbonyl (C=O) groups is 7. The predicted molar refractivity (Wildman–Crippen MR) is 355 cm³/mol. The average Bonchev–Trinajstić information content (AvgIpc) is 1.69. The van der Waals surface area contributed by atoms with E-state index in [2.05, 4.69) is 36.4 Å². The molecular formula is C73H79F2N7O11. The third-order valence-electron chi connectivity index (χ3n) is 18.3. The SMILES string of the molecule is CCN(CC)c1cc2oc(-c3ccc(F)cc3)c(C(=O)NC)c2cc1-c1cccc(C(=O)N[C@H]2CC(c3cc(C(=O)N[C@H](CC(=O)O)CC(C)C)cc(-c4cc5c(C(=O)NC)c(-c6ccc(F)cc6)oc5cc4N(CC)CC)c3)C[C@H]2C(=O)N[C@H]2CCC[C@H]2C(=O)O)c1. The van der Waals surface area contributed by atoms with Gasteiger partial charge < -0.3 is 55.4 Å². The number of carbonyl (C=O) groups excluding carboxylic acids is 5. The summed E-state index contributed by atoms with van der Waals surface area (Å²) in [6.07, 6.45) is 1.80. The normalized spacial score (nSPS) is 17.3. The number of furan rings is 2. The van der Waals surface area contributed by atoms with Gasteiger partial charge in [-0.2, -0.15) is 0 Å². The zero-order valence-electron chi connectivity index (χ0n) is 53.5. The van der Waals surface area contributed by atoms with Gasteiger partial charge in [-0.3, -0.25) is 33.6 Å². The molecule has 2 saturated carbocycles. The van der Waals surface area contributed by atoms with Gasteiger partial charge >= 0.3 is 11.9 Å². The average molecular weight is 1270 g/mol. The number of nitrogens with one attached hydrogen (secondary N) is 5. The number of hydrogen-bond donors (Lipinski definition) is 7. The molecule has 10 rings (SSSR count). The maximum Gasteiger partial charge on any atom is 0.308 e. The summed E-state index contributed by atoms with van der Waals surface area (Å²) in [4.78, 5) is 102. The first kappa shape index (κ1) is 66.1. The molecule has 0 bridgehead atoms. The van der Waals surface area contributed by atoms with Gasteiger partial charge in [-0.25, -0.2) is 8.78 Å². The molecular weight excluding hydrogens is 1190 g/mol. The molecule has 93 heavy (non-hydrogen) atoms. The van der Waals surface area contributed by atoms with E-state index in [9.17, 15) is 47.8 Å². The molecule has 8 aromatic rings. The number of nitrogens with zero attached hydrogens (tertiary/aromatic N) is 2. The standard InChI is InChI=1S/C73H79F2N7O11/c1-9-81(10-2)59-37-61-55(64(71(88)76-7)66(92-61)40-19-23-48(74)24-20-40)35-52(59)42-15-13-16-43(28-42)68(85)80-58-33-45(32-54(58)70(87)79-57-18-14-17-51(57)73(90)91)44-29-46(31-47(30-44)69(86)78-50(27-39(5)6)34-63(83)84)53-36-56-62(38-60(53)82(11-3)12-4)93-67(65(56)72(89)77-8)41-21-25-49(75)26-22-41/h13,15-16,19-26,28-31,35-39,45,50-51,54,57-58H,9-12,14,17-18,27,32-34H2,1-8H3,(H,76,88)(H,77,89)(H,78,86)(H,79,87)(H,80,85)(H,83,84)(H,90,91)/t45?,50-,51+,54+,57-,58-/m0/s1. The van der Waals surface area contributed by atoms with Crippen molar-refractivity contribution in [2.75, 3.05) is 50.1 Å². The Morgan fingerprint density at radius 2 is 1.11 bits per heavy atom. The highest BCUT2D eigenvalue weighted by molar-refractivity contribution is 6.14. The largest absolute Gasteiger partial charge is 0.481 e. The Morgan fingerprint density at radius 1 is 0.570 bits per heavy atom. The van der Waals surface area contributed by atoms with Crippen molar-refractivity contribution in [3.63, 3.8) is 0 Å². The Bertz CT molecular complexity index is 4150. The van der Waals surface area contributed by atoms with Crippen LogP contribution in [0.1, 0.15) is 139 Å². The van der Waals surface area contributed by atoms with Crippen molar-refractivity contribution in [3.05, 3.63) is 155 Å². The minimum absolute atomic E-state index is 0.0268. The van der Waals surface area contributed by atoms with Gasteiger partial charge in [0.05, 0.1) is 29.4 Å². The molecule has 1 unspecified atom stereocenters. The number of carboxylic acids is 2. The molecule has 0 spiro atoms. The van der Waals surface area contributed by atoms with Crippen LogP contribution in [0.3, 0.4) is 0 Å². The number of hydrogen-bond acceptors (Lipinski definition) is 11. The van der Waals surface area contributed by atoms with Crippen molar-refractivity contribution in [2.45, 2.75) is 111 Å². The first-order valence-corrected chi connectivity index (χ1v) is 31.9. The Labute approximate surface area is 538 Å². The second kappa shape index (κ2) is 28.3. The molecule has 0 aliphatic heterocycles. The fraction of sp³-hybridized carbons (Fsp3) is 0.356. The van der Waals surface area contributed by atoms with E-state index in [-0.39, 0.29) is 59.0 Å². The topological polar surface area (TPSA) is 253 Å². The van der Waals surface area contributed by atoms with Gasteiger partial charge in [0.25, 0.3) is 23.6 Å². The molecule has 2 aromatic heterocycles. The van der Waals surface area contributed by atoms with E-state index in [1.807, 2.05) is 77.9 Å². The van der Waals surface area contributed by atoms with Crippen molar-refractivity contribution in [3.8, 4) is 44.9 Å². The number of benzene rings is 6. The van der Waals surface area contributed by atoms with Crippen molar-refractivity contribution < 1.29 is 61.4 Å². The van der Waals surface area contributed by atoms with E-state index in [0.717, 1.165) is 5.69 Å². The Hall–Kier alpha value is -9.85. The molecule has 20 heteroatoms. The Balaban J connectivity index is 1.09. The molecule has 5 amide bonds. The fourth-order valence-corrected chi connectivity index (χ4v) is 13.7. The minimum Gasteiger partial charge on any atom is -0.481 e. The third-order valence-corrected chi connectivity index (χ3v) is 18.3. The molecule has 2 fully saturated rings. The number of halogens is 2. The van der Waals surface area contributed by atoms with Crippen molar-refractivity contribution in [1.82, 2.24) is 26.6 Å². The van der Waals surface area contributed by atoms with E-state index < -0.39 is 89.0 Å². The van der Waals surface area contributed by atoms with Gasteiger partial charge in [0.1, 0.15) is 34.3 Å². The first-order valence-electron chi connectivity index (χ1n) is 31.9. The highest BCUT2D eigenvalue weighted by Gasteiger charge is 2.43. The molecule has 0 saturated heterocycles. The highest BCUT2D eigenvalue weighted by atomic mass is 19.1. The van der Waals surface area contributed by atoms with Crippen LogP contribution in [0.2, 0.25) is 0 Å². The number of amides is 5. The van der Waals surface area contributed by atoms with Gasteiger partial charge in [0.2, 0.25) is 5.91 Å². The van der Waals surface area contributed by atoms with Gasteiger partial charge in [-0.05, 0) is 173 Å². The molecule has 2 heterocycles. The van der Waals surface area contributed by atoms with Crippen LogP contribution in [0.4, 0.5) is 20.2 Å². The summed E-state index contributed by atoms with van der Waals surface area (Å²) in [5.41, 5.74) is 7.17. The van der Waals surface area contributed by atoms with Crippen LogP contribution in [0.15, 0.2) is 124 Å². The smallest absolute Gasteiger partial charge is 0.308 e. The van der Waals surface area contributed by atoms with E-state index in [0.29, 0.717) is 118 Å². The molecule has 18 nitrogen and oxygen atoms in total. The monoisotopic (exact) mass is 1270 g/mol. The van der Waals surface area contributed by atoms with Crippen LogP contribution in [0.25, 0.3) is 66.8 Å². The number of anilines is 2. The van der Waals surface area contributed by atoms with E-state index in [1.54, 1.807) is 42.5 Å². The minimum atomic E-state index is -1.09. The predicted octanol–water partition coefficient (Wildman–Crippen LogP) is 12.8. The molecule has 486 valence electrons. The zero-order valence-corrected chi connectivity index (χ0v) is 53.5. The number of aliphatic carboxylic acids is 2. The lowest BCUT2D eigenvalue weighted by molar-refractivity contribution is -0.142. The van der Waals surface area contributed by atoms with Crippen LogP contribution in [0.5, 0.6) is 0 Å². The zero-order chi connectivity index (χ0) is 66.5. The van der Waals surface area contributed by atoms with Gasteiger partial charge in [0.15, 0.2) is 0 Å². The lowest BCUT2D eigenvalue weighted by atomic mass is 9.89. The molecule has 2 aliphatic carbocycles. The van der Waals surface area contributed by atoms with Crippen LogP contribution in [-0.4, -0.2) is 110 Å². The summed E-state index contributed by atoms with van der Waals surface area (Å²) in [5, 5.41) is 35.9. The Kier molecular flexibility index (Phi) is 20.1. The Morgan fingerprint density at radius 3 is 1.61 bits per heavy atom. The lowest BCUT2D eigenvalue weighted by Crippen LogP contribution is -2.48. The van der Waals surface area contributed by atoms with Crippen molar-refractivity contribution in [2.24, 2.45) is 17.8 Å². The van der Waals surface area contributed by atoms with Gasteiger partial charge in [-0.1, -0.05) is 38.5 Å². The third kappa shape index (κ3) is 14.0. The molecule has 2 aliphatic rings. The van der Waals surface area contributed by atoms with Crippen LogP contribution >= 0.6 is 0 Å². The van der Waals surface area contributed by atoms with Crippen LogP contribution in [-0.2, 0) is 14.4 Å². The molecule has 7 N–H and O–H groups in total. The van der Waals surface area contributed by atoms with Crippen LogP contribution < -0.4 is 36.4 Å². The van der Waals surface area contributed by atoms with Gasteiger partial charge in [-0.15, -0.1) is 0 Å². The number of rotatable bonds is 24. The first-order chi connectivity index (χ1) is 44.6. The second-order valence-corrected chi connectivity index (χ2v) is 24.5. The van der Waals surface area contributed by atoms with Crippen molar-refractivity contribution >= 4 is 74.8 Å².